The first-order chi connectivity index (χ1) is 24.7. The van der Waals surface area contributed by atoms with Crippen molar-refractivity contribution in [1.82, 2.24) is 0 Å². The molecule has 0 bridgehead atoms. The lowest BCUT2D eigenvalue weighted by molar-refractivity contribution is 0.0209. The van der Waals surface area contributed by atoms with E-state index in [2.05, 4.69) is 218 Å². The third-order valence-corrected chi connectivity index (χ3v) is 18.9. The van der Waals surface area contributed by atoms with Crippen molar-refractivity contribution in [2.45, 2.75) is 248 Å². The Kier molecular flexibility index (Phi) is 13.9. The highest BCUT2D eigenvalue weighted by Crippen LogP contribution is 2.71. The average Bonchev–Trinajstić information content (AvgIpc) is 3.48. The molecule has 1 aliphatic rings. The lowest BCUT2D eigenvalue weighted by atomic mass is 9.52. The van der Waals surface area contributed by atoms with Crippen molar-refractivity contribution in [1.29, 1.82) is 0 Å². The summed E-state index contributed by atoms with van der Waals surface area (Å²) in [5.74, 6) is 0. The maximum absolute atomic E-state index is 4.34. The fraction of sp³-hybridized carbons (Fsp3) is 0.825. The molecule has 330 valence electrons. The second kappa shape index (κ2) is 15.3. The van der Waals surface area contributed by atoms with E-state index in [1.807, 2.05) is 0 Å². The van der Waals surface area contributed by atoms with Crippen LogP contribution < -0.4 is 0 Å². The van der Waals surface area contributed by atoms with Crippen LogP contribution in [-0.2, 0) is 16.2 Å². The molecule has 0 heterocycles. The molecule has 0 aliphatic heterocycles. The van der Waals surface area contributed by atoms with Gasteiger partial charge in [0.25, 0.3) is 0 Å². The fourth-order valence-corrected chi connectivity index (χ4v) is 11.8. The van der Waals surface area contributed by atoms with Crippen LogP contribution in [0.5, 0.6) is 0 Å². The SMILES string of the molecule is C=C(C)CC(C)(C)C(C)(C)CC(C)(C)C(C)(C)c1cc(C(C)(C)C(C)(C)CC(C)(C)C(C)(C)CC(=C)C)cc(C2(C)CC2(C)CC(C)(C)C(C)(C)CC(C)(C)C)c1. The van der Waals surface area contributed by atoms with Crippen molar-refractivity contribution >= 4 is 0 Å². The summed E-state index contributed by atoms with van der Waals surface area (Å²) in [6.07, 6.45) is 8.10. The number of rotatable bonds is 19. The number of benzene rings is 1. The average molecular weight is 787 g/mol. The number of hydrogen-bond donors (Lipinski definition) is 0. The van der Waals surface area contributed by atoms with Crippen molar-refractivity contribution in [3.63, 3.8) is 0 Å². The Morgan fingerprint density at radius 3 is 1.07 bits per heavy atom. The zero-order valence-corrected chi connectivity index (χ0v) is 44.1. The van der Waals surface area contributed by atoms with Crippen LogP contribution in [0.1, 0.15) is 249 Å². The van der Waals surface area contributed by atoms with Crippen LogP contribution in [0, 0.1) is 54.1 Å². The second-order valence-corrected chi connectivity index (χ2v) is 28.7. The highest BCUT2D eigenvalue weighted by molar-refractivity contribution is 5.47. The van der Waals surface area contributed by atoms with Crippen LogP contribution >= 0.6 is 0 Å². The standard InChI is InChI=1S/C57H102/c1-40(2)33-46(8,9)49(14,15)36-52(20,21)54(24,25)42-30-43(55(26,27)53(22,23)37-50(16,17)47(10,11)34-41(3)4)32-44(31-42)57(29)39-56(57,28)38-51(18,19)48(12,13)35-45(5,6)7/h30-32H,1,3,33-39H2,2,4-29H3. The summed E-state index contributed by atoms with van der Waals surface area (Å²) < 4.78 is 0. The molecule has 1 saturated carbocycles. The molecule has 0 radical (unpaired) electrons. The minimum Gasteiger partial charge on any atom is -0.100 e. The largest absolute Gasteiger partial charge is 0.100 e. The van der Waals surface area contributed by atoms with E-state index in [4.69, 9.17) is 0 Å². The Morgan fingerprint density at radius 1 is 0.456 bits per heavy atom. The lowest BCUT2D eigenvalue weighted by Gasteiger charge is -2.53. The van der Waals surface area contributed by atoms with Gasteiger partial charge in [0.15, 0.2) is 0 Å². The van der Waals surface area contributed by atoms with Gasteiger partial charge in [0.1, 0.15) is 0 Å². The number of hydrogen-bond acceptors (Lipinski definition) is 0. The van der Waals surface area contributed by atoms with Gasteiger partial charge in [-0.05, 0) is 146 Å². The minimum absolute atomic E-state index is 0.0414. The Bertz CT molecular complexity index is 1530. The van der Waals surface area contributed by atoms with E-state index in [0.29, 0.717) is 5.41 Å². The van der Waals surface area contributed by atoms with E-state index >= 15 is 0 Å². The van der Waals surface area contributed by atoms with E-state index in [9.17, 15) is 0 Å². The van der Waals surface area contributed by atoms with Crippen molar-refractivity contribution in [3.8, 4) is 0 Å². The van der Waals surface area contributed by atoms with Crippen LogP contribution in [0.3, 0.4) is 0 Å². The van der Waals surface area contributed by atoms with Gasteiger partial charge < -0.3 is 0 Å². The van der Waals surface area contributed by atoms with Gasteiger partial charge in [0, 0.05) is 0 Å². The lowest BCUT2D eigenvalue weighted by Crippen LogP contribution is -2.45. The summed E-state index contributed by atoms with van der Waals surface area (Å²) in [4.78, 5) is 0. The molecule has 1 aromatic rings. The van der Waals surface area contributed by atoms with Crippen molar-refractivity contribution in [2.24, 2.45) is 54.1 Å². The maximum atomic E-state index is 4.34. The normalized spacial score (nSPS) is 21.2. The minimum atomic E-state index is -0.0626. The summed E-state index contributed by atoms with van der Waals surface area (Å²) in [7, 11) is 0. The van der Waals surface area contributed by atoms with E-state index in [1.54, 1.807) is 5.56 Å². The third-order valence-electron chi connectivity index (χ3n) is 18.9. The molecule has 0 heteroatoms. The molecule has 2 unspecified atom stereocenters. The van der Waals surface area contributed by atoms with Crippen LogP contribution in [0.2, 0.25) is 0 Å². The van der Waals surface area contributed by atoms with Crippen LogP contribution in [-0.4, -0.2) is 0 Å². The molecular weight excluding hydrogens is 685 g/mol. The Morgan fingerprint density at radius 2 is 0.772 bits per heavy atom. The van der Waals surface area contributed by atoms with Gasteiger partial charge in [0.2, 0.25) is 0 Å². The van der Waals surface area contributed by atoms with E-state index < -0.39 is 0 Å². The van der Waals surface area contributed by atoms with Gasteiger partial charge in [-0.3, -0.25) is 0 Å². The molecule has 57 heavy (non-hydrogen) atoms. The molecule has 0 amide bonds. The molecule has 2 rings (SSSR count). The van der Waals surface area contributed by atoms with Crippen molar-refractivity contribution in [3.05, 3.63) is 59.2 Å². The second-order valence-electron chi connectivity index (χ2n) is 28.7. The molecular formula is C57H102. The summed E-state index contributed by atoms with van der Waals surface area (Å²) in [5, 5.41) is 0. The third kappa shape index (κ3) is 10.4. The highest BCUT2D eigenvalue weighted by atomic mass is 14.7. The summed E-state index contributed by atoms with van der Waals surface area (Å²) in [6.45, 7) is 76.2. The van der Waals surface area contributed by atoms with Gasteiger partial charge >= 0.3 is 0 Å². The van der Waals surface area contributed by atoms with Crippen LogP contribution in [0.25, 0.3) is 0 Å². The zero-order chi connectivity index (χ0) is 45.5. The molecule has 2 atom stereocenters. The predicted molar refractivity (Wildman–Crippen MR) is 260 cm³/mol. The molecule has 1 aliphatic carbocycles. The van der Waals surface area contributed by atoms with E-state index in [-0.39, 0.29) is 65.0 Å². The quantitative estimate of drug-likeness (QED) is 0.123. The van der Waals surface area contributed by atoms with E-state index in [0.717, 1.165) is 25.7 Å². The Hall–Kier alpha value is -1.30. The zero-order valence-electron chi connectivity index (χ0n) is 44.1. The molecule has 0 N–H and O–H groups in total. The highest BCUT2D eigenvalue weighted by Gasteiger charge is 2.64. The molecule has 1 fully saturated rings. The first-order valence-corrected chi connectivity index (χ1v) is 23.1. The van der Waals surface area contributed by atoms with Gasteiger partial charge in [-0.25, -0.2) is 0 Å². The van der Waals surface area contributed by atoms with Crippen molar-refractivity contribution in [2.75, 3.05) is 0 Å². The van der Waals surface area contributed by atoms with Gasteiger partial charge in [-0.15, -0.1) is 13.2 Å². The molecule has 1 aromatic carbocycles. The first-order valence-electron chi connectivity index (χ1n) is 23.1. The summed E-state index contributed by atoms with van der Waals surface area (Å²) >= 11 is 0. The van der Waals surface area contributed by atoms with Gasteiger partial charge in [0.05, 0.1) is 0 Å². The predicted octanol–water partition coefficient (Wildman–Crippen LogP) is 18.7. The van der Waals surface area contributed by atoms with Gasteiger partial charge in [-0.1, -0.05) is 202 Å². The molecule has 0 spiro atoms. The van der Waals surface area contributed by atoms with Gasteiger partial charge in [-0.2, -0.15) is 0 Å². The fourth-order valence-electron chi connectivity index (χ4n) is 11.8. The van der Waals surface area contributed by atoms with Crippen molar-refractivity contribution < 1.29 is 0 Å². The van der Waals surface area contributed by atoms with E-state index in [1.165, 1.54) is 41.5 Å². The van der Waals surface area contributed by atoms with Crippen LogP contribution in [0.15, 0.2) is 42.5 Å². The summed E-state index contributed by atoms with van der Waals surface area (Å²) in [5.41, 5.74) is 8.78. The molecule has 0 saturated heterocycles. The monoisotopic (exact) mass is 787 g/mol. The molecule has 0 nitrogen and oxygen atoms in total. The number of allylic oxidation sites excluding steroid dienone is 2. The smallest absolute Gasteiger partial charge is 0.00153 e. The Balaban J connectivity index is 2.89. The Labute approximate surface area is 360 Å². The molecule has 0 aromatic heterocycles. The maximum Gasteiger partial charge on any atom is -0.00153 e. The summed E-state index contributed by atoms with van der Waals surface area (Å²) in [6, 6.07) is 8.06. The topological polar surface area (TPSA) is 0 Å². The van der Waals surface area contributed by atoms with Crippen LogP contribution in [0.4, 0.5) is 0 Å². The first kappa shape index (κ1) is 51.8.